The largest absolute Gasteiger partial charge is 0.497 e. The van der Waals surface area contributed by atoms with Crippen LogP contribution >= 0.6 is 19.3 Å². The zero-order valence-electron chi connectivity index (χ0n) is 24.0. The lowest BCUT2D eigenvalue weighted by Crippen LogP contribution is -2.07. The van der Waals surface area contributed by atoms with Gasteiger partial charge in [-0.2, -0.15) is 0 Å². The number of nitrogens with one attached hydrogen (secondary N) is 2. The summed E-state index contributed by atoms with van der Waals surface area (Å²) in [5.41, 5.74) is 2.73. The molecule has 0 fully saturated rings. The van der Waals surface area contributed by atoms with Crippen molar-refractivity contribution in [1.29, 1.82) is 0 Å². The molecule has 0 saturated carbocycles. The fraction of sp³-hybridized carbons (Fsp3) is 0.276. The highest BCUT2D eigenvalue weighted by Crippen LogP contribution is 2.50. The van der Waals surface area contributed by atoms with Crippen LogP contribution < -0.4 is 28.8 Å². The molecule has 0 saturated heterocycles. The van der Waals surface area contributed by atoms with E-state index >= 15 is 0 Å². The molecule has 13 heteroatoms. The Hall–Kier alpha value is -3.89. The number of ether oxygens (including phenoxy) is 5. The van der Waals surface area contributed by atoms with Crippen molar-refractivity contribution < 1.29 is 42.1 Å². The van der Waals surface area contributed by atoms with Crippen LogP contribution in [0.15, 0.2) is 48.5 Å². The fourth-order valence-corrected chi connectivity index (χ4v) is 6.07. The van der Waals surface area contributed by atoms with Gasteiger partial charge in [0.15, 0.2) is 17.3 Å². The van der Waals surface area contributed by atoms with Crippen LogP contribution in [0, 0.1) is 0 Å². The van der Waals surface area contributed by atoms with E-state index in [1.165, 1.54) is 28.4 Å². The normalized spacial score (nSPS) is 12.5. The van der Waals surface area contributed by atoms with Gasteiger partial charge in [0, 0.05) is 22.6 Å². The molecule has 4 rings (SSSR count). The molecule has 1 unspecified atom stereocenters. The SMILES string of the molecule is CCOP(=O)(Nc1cc(-c2[nH]c3cc(OC)ccc3c2C(=O)c2cc(OC)c(OC)c(OC)c2)ccc1OC)OCCl. The number of hydrogen-bond acceptors (Lipinski definition) is 9. The van der Waals surface area contributed by atoms with Gasteiger partial charge in [-0.15, -0.1) is 0 Å². The molecule has 0 bridgehead atoms. The summed E-state index contributed by atoms with van der Waals surface area (Å²) in [4.78, 5) is 17.6. The van der Waals surface area contributed by atoms with Crippen LogP contribution in [0.25, 0.3) is 22.2 Å². The standard InChI is InChI=1S/C29H32ClN2O9P/c1-7-40-42(34,41-16-30)32-22-12-17(8-11-23(22)36-3)27-26(20-10-9-19(35-2)15-21(20)31-27)28(33)18-13-24(37-4)29(39-6)25(14-18)38-5/h8-15,31H,7,16H2,1-6H3,(H,32,34). The van der Waals surface area contributed by atoms with Crippen molar-refractivity contribution in [3.8, 4) is 40.0 Å². The van der Waals surface area contributed by atoms with E-state index in [0.29, 0.717) is 67.7 Å². The van der Waals surface area contributed by atoms with Crippen LogP contribution in [-0.2, 0) is 13.6 Å². The van der Waals surface area contributed by atoms with Crippen LogP contribution in [0.1, 0.15) is 22.8 Å². The van der Waals surface area contributed by atoms with Gasteiger partial charge in [-0.3, -0.25) is 18.9 Å². The molecule has 4 aromatic rings. The highest BCUT2D eigenvalue weighted by atomic mass is 35.5. The van der Waals surface area contributed by atoms with Gasteiger partial charge in [0.2, 0.25) is 5.75 Å². The van der Waals surface area contributed by atoms with Crippen molar-refractivity contribution in [3.05, 3.63) is 59.7 Å². The van der Waals surface area contributed by atoms with Crippen molar-refractivity contribution >= 4 is 41.7 Å². The van der Waals surface area contributed by atoms with Crippen molar-refractivity contribution in [2.45, 2.75) is 6.92 Å². The molecule has 0 spiro atoms. The Morgan fingerprint density at radius 1 is 0.857 bits per heavy atom. The van der Waals surface area contributed by atoms with E-state index in [2.05, 4.69) is 10.1 Å². The Labute approximate surface area is 248 Å². The maximum Gasteiger partial charge on any atom is 0.433 e. The van der Waals surface area contributed by atoms with Gasteiger partial charge in [-0.05, 0) is 49.4 Å². The van der Waals surface area contributed by atoms with Crippen LogP contribution in [0.4, 0.5) is 5.69 Å². The highest BCUT2D eigenvalue weighted by Gasteiger charge is 2.28. The van der Waals surface area contributed by atoms with Crippen molar-refractivity contribution in [2.75, 3.05) is 53.3 Å². The number of hydrogen-bond donors (Lipinski definition) is 2. The maximum absolute atomic E-state index is 14.3. The third-order valence-corrected chi connectivity index (χ3v) is 8.27. The van der Waals surface area contributed by atoms with Crippen molar-refractivity contribution in [3.63, 3.8) is 0 Å². The molecular formula is C29H32ClN2O9P. The minimum absolute atomic E-state index is 0.112. The molecule has 0 aliphatic rings. The van der Waals surface area contributed by atoms with E-state index in [9.17, 15) is 9.36 Å². The van der Waals surface area contributed by atoms with Crippen molar-refractivity contribution in [1.82, 2.24) is 4.98 Å². The van der Waals surface area contributed by atoms with Gasteiger partial charge in [0.25, 0.3) is 0 Å². The van der Waals surface area contributed by atoms with E-state index in [4.69, 9.17) is 44.3 Å². The lowest BCUT2D eigenvalue weighted by Gasteiger charge is -2.20. The average molecular weight is 619 g/mol. The Morgan fingerprint density at radius 2 is 1.55 bits per heavy atom. The lowest BCUT2D eigenvalue weighted by molar-refractivity contribution is 0.104. The first-order valence-corrected chi connectivity index (χ1v) is 14.8. The predicted molar refractivity (Wildman–Crippen MR) is 161 cm³/mol. The van der Waals surface area contributed by atoms with Crippen LogP contribution in [0.2, 0.25) is 0 Å². The number of halogens is 1. The summed E-state index contributed by atoms with van der Waals surface area (Å²) in [6.45, 7) is 1.79. The molecule has 0 aliphatic carbocycles. The zero-order valence-corrected chi connectivity index (χ0v) is 25.7. The summed E-state index contributed by atoms with van der Waals surface area (Å²) in [7, 11) is 3.66. The minimum Gasteiger partial charge on any atom is -0.497 e. The number of ketones is 1. The van der Waals surface area contributed by atoms with E-state index in [1.54, 1.807) is 62.6 Å². The summed E-state index contributed by atoms with van der Waals surface area (Å²) in [6.07, 6.45) is 0. The number of methoxy groups -OCH3 is 5. The molecule has 1 heterocycles. The third kappa shape index (κ3) is 6.15. The molecule has 3 aromatic carbocycles. The average Bonchev–Trinajstić information content (AvgIpc) is 3.38. The van der Waals surface area contributed by atoms with Gasteiger partial charge in [0.1, 0.15) is 17.6 Å². The number of anilines is 1. The topological polar surface area (TPSA) is 127 Å². The predicted octanol–water partition coefficient (Wildman–Crippen LogP) is 6.88. The second-order valence-electron chi connectivity index (χ2n) is 8.71. The van der Waals surface area contributed by atoms with E-state index in [-0.39, 0.29) is 18.5 Å². The van der Waals surface area contributed by atoms with Gasteiger partial charge in [0.05, 0.1) is 64.6 Å². The summed E-state index contributed by atoms with van der Waals surface area (Å²) >= 11 is 5.71. The summed E-state index contributed by atoms with van der Waals surface area (Å²) < 4.78 is 51.1. The molecular weight excluding hydrogens is 587 g/mol. The number of aromatic amines is 1. The highest BCUT2D eigenvalue weighted by molar-refractivity contribution is 7.55. The maximum atomic E-state index is 14.3. The van der Waals surface area contributed by atoms with Gasteiger partial charge in [-0.25, -0.2) is 4.57 Å². The van der Waals surface area contributed by atoms with Crippen LogP contribution in [-0.4, -0.2) is 59.0 Å². The number of carbonyl (C=O) groups is 1. The molecule has 11 nitrogen and oxygen atoms in total. The number of carbonyl (C=O) groups excluding carboxylic acids is 1. The summed E-state index contributed by atoms with van der Waals surface area (Å²) in [6, 6.07) is 13.3. The third-order valence-electron chi connectivity index (χ3n) is 6.42. The van der Waals surface area contributed by atoms with Gasteiger partial charge >= 0.3 is 7.75 Å². The number of aromatic nitrogens is 1. The number of fused-ring (bicyclic) bond motifs is 1. The Balaban J connectivity index is 1.94. The fourth-order valence-electron chi connectivity index (χ4n) is 4.55. The zero-order chi connectivity index (χ0) is 30.4. The molecule has 0 radical (unpaired) electrons. The van der Waals surface area contributed by atoms with E-state index in [1.807, 2.05) is 0 Å². The van der Waals surface area contributed by atoms with E-state index in [0.717, 1.165) is 0 Å². The molecule has 2 N–H and O–H groups in total. The second-order valence-corrected chi connectivity index (χ2v) is 10.7. The lowest BCUT2D eigenvalue weighted by atomic mass is 9.96. The molecule has 1 atom stereocenters. The summed E-state index contributed by atoms with van der Waals surface area (Å²) in [5.74, 6) is 1.71. The van der Waals surface area contributed by atoms with E-state index < -0.39 is 7.75 Å². The van der Waals surface area contributed by atoms with Gasteiger partial charge in [-0.1, -0.05) is 11.6 Å². The quantitative estimate of drug-likeness (QED) is 0.0877. The van der Waals surface area contributed by atoms with Gasteiger partial charge < -0.3 is 28.7 Å². The molecule has 1 aromatic heterocycles. The monoisotopic (exact) mass is 618 g/mol. The first-order chi connectivity index (χ1) is 20.3. The molecule has 0 aliphatic heterocycles. The smallest absolute Gasteiger partial charge is 0.433 e. The number of H-pyrrole nitrogens is 1. The first kappa shape index (κ1) is 31.1. The second kappa shape index (κ2) is 13.4. The molecule has 42 heavy (non-hydrogen) atoms. The molecule has 224 valence electrons. The Kier molecular flexibility index (Phi) is 9.90. The number of alkyl halides is 1. The van der Waals surface area contributed by atoms with Crippen LogP contribution in [0.3, 0.4) is 0 Å². The Bertz CT molecular complexity index is 1600. The number of rotatable bonds is 14. The van der Waals surface area contributed by atoms with Crippen molar-refractivity contribution in [2.24, 2.45) is 0 Å². The minimum atomic E-state index is -3.83. The first-order valence-electron chi connectivity index (χ1n) is 12.7. The number of benzene rings is 3. The summed E-state index contributed by atoms with van der Waals surface area (Å²) in [5, 5.41) is 3.45. The van der Waals surface area contributed by atoms with Crippen LogP contribution in [0.5, 0.6) is 28.7 Å². The Morgan fingerprint density at radius 3 is 2.12 bits per heavy atom. The molecule has 0 amide bonds.